The van der Waals surface area contributed by atoms with E-state index >= 15 is 0 Å². The van der Waals surface area contributed by atoms with E-state index < -0.39 is 11.5 Å². The molecule has 0 radical (unpaired) electrons. The minimum Gasteiger partial charge on any atom is -0.544 e. The molecule has 0 spiro atoms. The van der Waals surface area contributed by atoms with Gasteiger partial charge in [-0.3, -0.25) is 4.68 Å². The van der Waals surface area contributed by atoms with Crippen LogP contribution >= 0.6 is 0 Å². The van der Waals surface area contributed by atoms with Gasteiger partial charge in [0.05, 0.1) is 36.3 Å². The predicted molar refractivity (Wildman–Crippen MR) is 76.5 cm³/mol. The van der Waals surface area contributed by atoms with Crippen LogP contribution in [0.15, 0.2) is 42.1 Å². The van der Waals surface area contributed by atoms with Crippen LogP contribution in [0.1, 0.15) is 12.0 Å². The Hall–Kier alpha value is -3.38. The van der Waals surface area contributed by atoms with E-state index in [4.69, 9.17) is 10.5 Å². The maximum absolute atomic E-state index is 10.9. The van der Waals surface area contributed by atoms with Crippen molar-refractivity contribution in [2.75, 3.05) is 0 Å². The Balaban J connectivity index is 2.52. The zero-order chi connectivity index (χ0) is 15.9. The molecular formula is C16H11N4O2-. The van der Waals surface area contributed by atoms with Crippen molar-refractivity contribution in [3.63, 3.8) is 0 Å². The Morgan fingerprint density at radius 1 is 1.32 bits per heavy atom. The molecule has 0 saturated carbocycles. The molecule has 1 aromatic heterocycles. The molecular weight excluding hydrogens is 280 g/mol. The first kappa shape index (κ1) is 15.0. The molecule has 0 aliphatic rings. The van der Waals surface area contributed by atoms with E-state index in [2.05, 4.69) is 5.10 Å². The fourth-order valence-electron chi connectivity index (χ4n) is 1.93. The van der Waals surface area contributed by atoms with E-state index in [1.807, 2.05) is 36.4 Å². The predicted octanol–water partition coefficient (Wildman–Crippen LogP) is 1.12. The topological polar surface area (TPSA) is 106 Å². The number of nitrogens with zero attached hydrogens (tertiary/aromatic N) is 4. The average Bonchev–Trinajstić information content (AvgIpc) is 2.94. The third kappa shape index (κ3) is 3.38. The quantitative estimate of drug-likeness (QED) is 0.606. The van der Waals surface area contributed by atoms with Crippen LogP contribution < -0.4 is 5.11 Å². The van der Waals surface area contributed by atoms with Crippen molar-refractivity contribution in [1.29, 1.82) is 10.5 Å². The van der Waals surface area contributed by atoms with Crippen LogP contribution in [0, 0.1) is 22.7 Å². The molecule has 1 aromatic carbocycles. The standard InChI is InChI=1S/C16H12N4O2/c17-7-4-8-20-11-14(9-13(10-18)16(21)22)15(19-20)12-5-2-1-3-6-12/h1-3,5-6,9,11H,4,8H2,(H,21,22)/p-1/b13-9-. The van der Waals surface area contributed by atoms with E-state index in [0.29, 0.717) is 17.8 Å². The summed E-state index contributed by atoms with van der Waals surface area (Å²) in [6.45, 7) is 0.386. The number of hydrogen-bond donors (Lipinski definition) is 0. The largest absolute Gasteiger partial charge is 0.544 e. The highest BCUT2D eigenvalue weighted by Crippen LogP contribution is 2.24. The van der Waals surface area contributed by atoms with Gasteiger partial charge in [0.15, 0.2) is 0 Å². The SMILES string of the molecule is N#CCCn1cc(/C=C(/C#N)C(=O)[O-])c(-c2ccccc2)n1. The lowest BCUT2D eigenvalue weighted by Gasteiger charge is -2.00. The molecule has 0 aliphatic heterocycles. The lowest BCUT2D eigenvalue weighted by atomic mass is 10.1. The summed E-state index contributed by atoms with van der Waals surface area (Å²) in [5.74, 6) is -1.54. The maximum atomic E-state index is 10.9. The Labute approximate surface area is 127 Å². The van der Waals surface area contributed by atoms with E-state index in [0.717, 1.165) is 5.56 Å². The minimum atomic E-state index is -1.54. The number of aromatic nitrogens is 2. The molecule has 0 amide bonds. The van der Waals surface area contributed by atoms with Gasteiger partial charge in [-0.25, -0.2) is 0 Å². The van der Waals surface area contributed by atoms with Crippen molar-refractivity contribution >= 4 is 12.0 Å². The van der Waals surface area contributed by atoms with Gasteiger partial charge in [0.25, 0.3) is 0 Å². The number of nitriles is 2. The Morgan fingerprint density at radius 3 is 2.64 bits per heavy atom. The molecule has 0 fully saturated rings. The first-order valence-electron chi connectivity index (χ1n) is 6.48. The monoisotopic (exact) mass is 291 g/mol. The summed E-state index contributed by atoms with van der Waals surface area (Å²) in [5.41, 5.74) is 1.36. The smallest absolute Gasteiger partial charge is 0.101 e. The second kappa shape index (κ2) is 6.87. The molecule has 0 saturated heterocycles. The fraction of sp³-hybridized carbons (Fsp3) is 0.125. The van der Waals surface area contributed by atoms with E-state index in [1.165, 1.54) is 6.08 Å². The number of aliphatic carboxylic acids is 1. The molecule has 2 rings (SSSR count). The zero-order valence-corrected chi connectivity index (χ0v) is 11.6. The van der Waals surface area contributed by atoms with Gasteiger partial charge in [0, 0.05) is 17.3 Å². The lowest BCUT2D eigenvalue weighted by Crippen LogP contribution is -2.23. The minimum absolute atomic E-state index is 0.282. The van der Waals surface area contributed by atoms with Crippen molar-refractivity contribution in [2.45, 2.75) is 13.0 Å². The van der Waals surface area contributed by atoms with Crippen molar-refractivity contribution in [3.8, 4) is 23.4 Å². The van der Waals surface area contributed by atoms with Gasteiger partial charge in [0.2, 0.25) is 0 Å². The number of carboxylic acid groups (broad SMARTS) is 1. The number of benzene rings is 1. The fourth-order valence-corrected chi connectivity index (χ4v) is 1.93. The van der Waals surface area contributed by atoms with Crippen LogP contribution in [0.3, 0.4) is 0 Å². The molecule has 2 aromatic rings. The molecule has 0 bridgehead atoms. The molecule has 0 aliphatic carbocycles. The third-order valence-electron chi connectivity index (χ3n) is 2.93. The Morgan fingerprint density at radius 2 is 2.05 bits per heavy atom. The highest BCUT2D eigenvalue weighted by molar-refractivity contribution is 5.96. The summed E-state index contributed by atoms with van der Waals surface area (Å²) in [5, 5.41) is 32.8. The van der Waals surface area contributed by atoms with Crippen LogP contribution in [0.25, 0.3) is 17.3 Å². The lowest BCUT2D eigenvalue weighted by molar-refractivity contribution is -0.298. The second-order valence-corrected chi connectivity index (χ2v) is 4.43. The Kier molecular flexibility index (Phi) is 4.69. The summed E-state index contributed by atoms with van der Waals surface area (Å²) in [7, 11) is 0. The zero-order valence-electron chi connectivity index (χ0n) is 11.6. The van der Waals surface area contributed by atoms with Gasteiger partial charge in [0.1, 0.15) is 6.07 Å². The van der Waals surface area contributed by atoms with Crippen molar-refractivity contribution < 1.29 is 9.90 Å². The van der Waals surface area contributed by atoms with E-state index in [1.54, 1.807) is 16.9 Å². The number of aryl methyl sites for hydroxylation is 1. The molecule has 6 nitrogen and oxygen atoms in total. The van der Waals surface area contributed by atoms with E-state index in [-0.39, 0.29) is 6.42 Å². The van der Waals surface area contributed by atoms with Gasteiger partial charge in [-0.05, 0) is 6.08 Å². The molecule has 108 valence electrons. The average molecular weight is 291 g/mol. The van der Waals surface area contributed by atoms with Crippen LogP contribution in [0.4, 0.5) is 0 Å². The third-order valence-corrected chi connectivity index (χ3v) is 2.93. The molecule has 0 N–H and O–H groups in total. The molecule has 1 heterocycles. The summed E-state index contributed by atoms with van der Waals surface area (Å²) >= 11 is 0. The van der Waals surface area contributed by atoms with Crippen LogP contribution in [0.5, 0.6) is 0 Å². The second-order valence-electron chi connectivity index (χ2n) is 4.43. The van der Waals surface area contributed by atoms with E-state index in [9.17, 15) is 9.90 Å². The van der Waals surface area contributed by atoms with Crippen LogP contribution in [0.2, 0.25) is 0 Å². The first-order valence-corrected chi connectivity index (χ1v) is 6.48. The highest BCUT2D eigenvalue weighted by atomic mass is 16.4. The van der Waals surface area contributed by atoms with Gasteiger partial charge in [-0.15, -0.1) is 0 Å². The van der Waals surface area contributed by atoms with Crippen molar-refractivity contribution in [2.24, 2.45) is 0 Å². The van der Waals surface area contributed by atoms with Crippen molar-refractivity contribution in [3.05, 3.63) is 47.7 Å². The maximum Gasteiger partial charge on any atom is 0.101 e. The van der Waals surface area contributed by atoms with Gasteiger partial charge in [-0.2, -0.15) is 15.6 Å². The number of carboxylic acids is 1. The Bertz CT molecular complexity index is 792. The highest BCUT2D eigenvalue weighted by Gasteiger charge is 2.11. The number of carbonyl (C=O) groups excluding carboxylic acids is 1. The molecule has 6 heteroatoms. The number of hydrogen-bond acceptors (Lipinski definition) is 5. The van der Waals surface area contributed by atoms with Crippen LogP contribution in [-0.4, -0.2) is 15.7 Å². The van der Waals surface area contributed by atoms with Gasteiger partial charge < -0.3 is 9.90 Å². The summed E-state index contributed by atoms with van der Waals surface area (Å²) in [4.78, 5) is 10.9. The summed E-state index contributed by atoms with van der Waals surface area (Å²) in [6.07, 6.45) is 3.12. The summed E-state index contributed by atoms with van der Waals surface area (Å²) < 4.78 is 1.56. The van der Waals surface area contributed by atoms with Gasteiger partial charge >= 0.3 is 0 Å². The van der Waals surface area contributed by atoms with Crippen molar-refractivity contribution in [1.82, 2.24) is 9.78 Å². The molecule has 22 heavy (non-hydrogen) atoms. The number of carbonyl (C=O) groups is 1. The van der Waals surface area contributed by atoms with Gasteiger partial charge in [-0.1, -0.05) is 30.3 Å². The summed E-state index contributed by atoms with van der Waals surface area (Å²) in [6, 6.07) is 12.8. The first-order chi connectivity index (χ1) is 10.7. The van der Waals surface area contributed by atoms with Crippen LogP contribution in [-0.2, 0) is 11.3 Å². The normalized spacial score (nSPS) is 10.7. The molecule has 0 unspecified atom stereocenters. The molecule has 0 atom stereocenters. The number of rotatable bonds is 5.